The predicted octanol–water partition coefficient (Wildman–Crippen LogP) is 0.539. The molecule has 0 radical (unpaired) electrons. The van der Waals surface area contributed by atoms with Crippen molar-refractivity contribution in [3.63, 3.8) is 0 Å². The van der Waals surface area contributed by atoms with Crippen LogP contribution in [0.1, 0.15) is 26.7 Å². The van der Waals surface area contributed by atoms with Crippen molar-refractivity contribution in [1.82, 2.24) is 15.1 Å². The summed E-state index contributed by atoms with van der Waals surface area (Å²) in [6, 6.07) is 0.162. The van der Waals surface area contributed by atoms with Crippen LogP contribution in [0.5, 0.6) is 0 Å². The van der Waals surface area contributed by atoms with Gasteiger partial charge in [-0.1, -0.05) is 13.8 Å². The number of carbonyl (C=O) groups excluding carboxylic acids is 1. The molecule has 4 nitrogen and oxygen atoms in total. The second kappa shape index (κ2) is 5.83. The molecule has 98 valence electrons. The average Bonchev–Trinajstić information content (AvgIpc) is 2.76. The number of amides is 1. The van der Waals surface area contributed by atoms with Crippen molar-refractivity contribution < 1.29 is 4.79 Å². The smallest absolute Gasteiger partial charge is 0.240 e. The lowest BCUT2D eigenvalue weighted by Gasteiger charge is -2.33. The lowest BCUT2D eigenvalue weighted by molar-refractivity contribution is -0.136. The topological polar surface area (TPSA) is 35.6 Å². The highest BCUT2D eigenvalue weighted by atomic mass is 16.2. The molecule has 2 aliphatic rings. The maximum absolute atomic E-state index is 12.4. The molecule has 2 aliphatic heterocycles. The summed E-state index contributed by atoms with van der Waals surface area (Å²) in [6.07, 6.45) is 2.23. The summed E-state index contributed by atoms with van der Waals surface area (Å²) in [5.41, 5.74) is 0. The van der Waals surface area contributed by atoms with E-state index in [-0.39, 0.29) is 6.04 Å². The van der Waals surface area contributed by atoms with E-state index in [0.717, 1.165) is 45.7 Å². The Morgan fingerprint density at radius 2 is 2.00 bits per heavy atom. The average molecular weight is 239 g/mol. The van der Waals surface area contributed by atoms with E-state index in [0.29, 0.717) is 11.8 Å². The van der Waals surface area contributed by atoms with E-state index in [1.165, 1.54) is 6.42 Å². The van der Waals surface area contributed by atoms with E-state index < -0.39 is 0 Å². The normalized spacial score (nSPS) is 26.8. The molecule has 0 aromatic carbocycles. The van der Waals surface area contributed by atoms with Crippen molar-refractivity contribution in [1.29, 1.82) is 0 Å². The molecule has 2 saturated heterocycles. The third kappa shape index (κ3) is 3.19. The van der Waals surface area contributed by atoms with Crippen molar-refractivity contribution >= 4 is 5.91 Å². The monoisotopic (exact) mass is 239 g/mol. The molecule has 0 aromatic heterocycles. The zero-order valence-electron chi connectivity index (χ0n) is 11.1. The molecule has 2 fully saturated rings. The van der Waals surface area contributed by atoms with E-state index in [4.69, 9.17) is 0 Å². The SMILES string of the molecule is CC(C)CN1CCCC1C(=O)N1CCNCC1. The summed E-state index contributed by atoms with van der Waals surface area (Å²) >= 11 is 0. The van der Waals surface area contributed by atoms with Crippen molar-refractivity contribution in [2.24, 2.45) is 5.92 Å². The minimum atomic E-state index is 0.162. The van der Waals surface area contributed by atoms with E-state index in [9.17, 15) is 4.79 Å². The fraction of sp³-hybridized carbons (Fsp3) is 0.923. The zero-order valence-corrected chi connectivity index (χ0v) is 11.1. The van der Waals surface area contributed by atoms with Crippen molar-refractivity contribution in [3.8, 4) is 0 Å². The highest BCUT2D eigenvalue weighted by Gasteiger charge is 2.33. The first-order valence-electron chi connectivity index (χ1n) is 6.92. The first-order chi connectivity index (χ1) is 8.18. The molecule has 2 heterocycles. The van der Waals surface area contributed by atoms with E-state index >= 15 is 0 Å². The van der Waals surface area contributed by atoms with Gasteiger partial charge in [-0.3, -0.25) is 9.69 Å². The number of nitrogens with one attached hydrogen (secondary N) is 1. The second-order valence-corrected chi connectivity index (χ2v) is 5.62. The van der Waals surface area contributed by atoms with Gasteiger partial charge in [0.1, 0.15) is 0 Å². The largest absolute Gasteiger partial charge is 0.339 e. The minimum Gasteiger partial charge on any atom is -0.339 e. The third-order valence-electron chi connectivity index (χ3n) is 3.68. The molecule has 0 aromatic rings. The van der Waals surface area contributed by atoms with Crippen LogP contribution in [0.2, 0.25) is 0 Å². The maximum atomic E-state index is 12.4. The molecule has 0 spiro atoms. The number of carbonyl (C=O) groups is 1. The van der Waals surface area contributed by atoms with Gasteiger partial charge in [0.15, 0.2) is 0 Å². The Balaban J connectivity index is 1.92. The molecule has 4 heteroatoms. The van der Waals surface area contributed by atoms with Gasteiger partial charge in [0.25, 0.3) is 0 Å². The van der Waals surface area contributed by atoms with Crippen LogP contribution >= 0.6 is 0 Å². The van der Waals surface area contributed by atoms with Crippen LogP contribution in [-0.2, 0) is 4.79 Å². The van der Waals surface area contributed by atoms with E-state index in [1.54, 1.807) is 0 Å². The van der Waals surface area contributed by atoms with Gasteiger partial charge < -0.3 is 10.2 Å². The highest BCUT2D eigenvalue weighted by Crippen LogP contribution is 2.20. The predicted molar refractivity (Wildman–Crippen MR) is 68.9 cm³/mol. The molecule has 17 heavy (non-hydrogen) atoms. The minimum absolute atomic E-state index is 0.162. The fourth-order valence-electron chi connectivity index (χ4n) is 2.89. The van der Waals surface area contributed by atoms with Gasteiger partial charge in [-0.2, -0.15) is 0 Å². The van der Waals surface area contributed by atoms with Gasteiger partial charge in [-0.15, -0.1) is 0 Å². The second-order valence-electron chi connectivity index (χ2n) is 5.62. The summed E-state index contributed by atoms with van der Waals surface area (Å²) in [6.45, 7) is 10.3. The van der Waals surface area contributed by atoms with E-state index in [1.807, 2.05) is 4.90 Å². The molecule has 1 unspecified atom stereocenters. The van der Waals surface area contributed by atoms with Crippen molar-refractivity contribution in [2.45, 2.75) is 32.7 Å². The first kappa shape index (κ1) is 12.8. The Bertz CT molecular complexity index is 261. The fourth-order valence-corrected chi connectivity index (χ4v) is 2.89. The molecular formula is C13H25N3O. The van der Waals surface area contributed by atoms with Crippen molar-refractivity contribution in [3.05, 3.63) is 0 Å². The third-order valence-corrected chi connectivity index (χ3v) is 3.68. The number of nitrogens with zero attached hydrogens (tertiary/aromatic N) is 2. The molecular weight excluding hydrogens is 214 g/mol. The molecule has 0 aliphatic carbocycles. The first-order valence-corrected chi connectivity index (χ1v) is 6.92. The quantitative estimate of drug-likeness (QED) is 0.781. The zero-order chi connectivity index (χ0) is 12.3. The highest BCUT2D eigenvalue weighted by molar-refractivity contribution is 5.82. The Labute approximate surface area is 104 Å². The molecule has 0 saturated carbocycles. The van der Waals surface area contributed by atoms with E-state index in [2.05, 4.69) is 24.1 Å². The number of rotatable bonds is 3. The van der Waals surface area contributed by atoms with Crippen LogP contribution in [-0.4, -0.2) is 61.0 Å². The van der Waals surface area contributed by atoms with Gasteiger partial charge >= 0.3 is 0 Å². The van der Waals surface area contributed by atoms with Gasteiger partial charge in [0.2, 0.25) is 5.91 Å². The molecule has 2 rings (SSSR count). The summed E-state index contributed by atoms with van der Waals surface area (Å²) in [5.74, 6) is 1.01. The molecule has 0 bridgehead atoms. The van der Waals surface area contributed by atoms with Gasteiger partial charge in [0.05, 0.1) is 6.04 Å². The lowest BCUT2D eigenvalue weighted by atomic mass is 10.1. The summed E-state index contributed by atoms with van der Waals surface area (Å²) < 4.78 is 0. The number of piperazine rings is 1. The molecule has 1 N–H and O–H groups in total. The van der Waals surface area contributed by atoms with Gasteiger partial charge in [0, 0.05) is 32.7 Å². The van der Waals surface area contributed by atoms with Crippen LogP contribution in [0.15, 0.2) is 0 Å². The molecule has 1 amide bonds. The lowest BCUT2D eigenvalue weighted by Crippen LogP contribution is -2.52. The van der Waals surface area contributed by atoms with Crippen LogP contribution < -0.4 is 5.32 Å². The maximum Gasteiger partial charge on any atom is 0.240 e. The Morgan fingerprint density at radius 1 is 1.29 bits per heavy atom. The van der Waals surface area contributed by atoms with Gasteiger partial charge in [-0.25, -0.2) is 0 Å². The molecule has 1 atom stereocenters. The number of likely N-dealkylation sites (tertiary alicyclic amines) is 1. The Morgan fingerprint density at radius 3 is 2.65 bits per heavy atom. The van der Waals surface area contributed by atoms with Crippen LogP contribution in [0, 0.1) is 5.92 Å². The Kier molecular flexibility index (Phi) is 4.40. The summed E-state index contributed by atoms with van der Waals surface area (Å²) in [7, 11) is 0. The van der Waals surface area contributed by atoms with Crippen molar-refractivity contribution in [2.75, 3.05) is 39.3 Å². The Hall–Kier alpha value is -0.610. The number of hydrogen-bond acceptors (Lipinski definition) is 3. The number of hydrogen-bond donors (Lipinski definition) is 1. The van der Waals surface area contributed by atoms with Gasteiger partial charge in [-0.05, 0) is 25.3 Å². The van der Waals surface area contributed by atoms with Crippen LogP contribution in [0.3, 0.4) is 0 Å². The van der Waals surface area contributed by atoms with Crippen LogP contribution in [0.25, 0.3) is 0 Å². The summed E-state index contributed by atoms with van der Waals surface area (Å²) in [4.78, 5) is 16.9. The summed E-state index contributed by atoms with van der Waals surface area (Å²) in [5, 5.41) is 3.30. The standard InChI is InChI=1S/C13H25N3O/c1-11(2)10-16-7-3-4-12(16)13(17)15-8-5-14-6-9-15/h11-12,14H,3-10H2,1-2H3. The van der Waals surface area contributed by atoms with Crippen LogP contribution in [0.4, 0.5) is 0 Å².